The fourth-order valence-corrected chi connectivity index (χ4v) is 8.06. The minimum Gasteiger partial charge on any atom is -0.456 e. The second kappa shape index (κ2) is 10.4. The summed E-state index contributed by atoms with van der Waals surface area (Å²) in [6, 6.07) is 56.3. The van der Waals surface area contributed by atoms with Gasteiger partial charge in [-0.25, -0.2) is 4.98 Å². The van der Waals surface area contributed by atoms with E-state index < -0.39 is 0 Å². The van der Waals surface area contributed by atoms with Gasteiger partial charge in [0.2, 0.25) is 0 Å². The van der Waals surface area contributed by atoms with Gasteiger partial charge in [0.05, 0.1) is 22.6 Å². The molecule has 0 amide bonds. The van der Waals surface area contributed by atoms with Gasteiger partial charge in [-0.15, -0.1) is 0 Å². The Kier molecular flexibility index (Phi) is 5.92. The molecule has 1 aliphatic rings. The highest BCUT2D eigenvalue weighted by atomic mass is 16.3. The number of nitrogens with zero attached hydrogens (tertiary/aromatic N) is 2. The third kappa shape index (κ3) is 4.12. The van der Waals surface area contributed by atoms with Crippen LogP contribution in [0.2, 0.25) is 0 Å². The molecule has 2 aromatic heterocycles. The SMILES string of the molecule is CC1(C)c2ccccc2N(c2ccc(-c3ccc4oc5ccc6c(-c7ccccc7)nc7ccccc7c6c5c4c3)cc2)c2ccccc21. The molecule has 7 aromatic carbocycles. The van der Waals surface area contributed by atoms with Gasteiger partial charge in [0, 0.05) is 43.6 Å². The molecule has 3 heteroatoms. The fraction of sp³-hybridized carbons (Fsp3) is 0.0652. The summed E-state index contributed by atoms with van der Waals surface area (Å²) in [5.74, 6) is 0. The third-order valence-corrected chi connectivity index (χ3v) is 10.4. The van der Waals surface area contributed by atoms with Crippen LogP contribution in [0.25, 0.3) is 66.0 Å². The number of benzene rings is 7. The summed E-state index contributed by atoms with van der Waals surface area (Å²) in [6.07, 6.45) is 0. The maximum Gasteiger partial charge on any atom is 0.136 e. The molecule has 49 heavy (non-hydrogen) atoms. The molecule has 3 heterocycles. The first kappa shape index (κ1) is 27.9. The second-order valence-electron chi connectivity index (χ2n) is 13.6. The zero-order valence-electron chi connectivity index (χ0n) is 27.3. The molecule has 0 atom stereocenters. The summed E-state index contributed by atoms with van der Waals surface area (Å²) in [7, 11) is 0. The van der Waals surface area contributed by atoms with Crippen LogP contribution in [-0.2, 0) is 5.41 Å². The summed E-state index contributed by atoms with van der Waals surface area (Å²) in [5, 5.41) is 5.67. The number of furan rings is 1. The maximum absolute atomic E-state index is 6.50. The minimum atomic E-state index is -0.0835. The zero-order valence-corrected chi connectivity index (χ0v) is 27.3. The number of pyridine rings is 1. The molecule has 0 saturated carbocycles. The predicted octanol–water partition coefficient (Wildman–Crippen LogP) is 12.7. The topological polar surface area (TPSA) is 29.3 Å². The Balaban J connectivity index is 1.14. The monoisotopic (exact) mass is 628 g/mol. The largest absolute Gasteiger partial charge is 0.456 e. The van der Waals surface area contributed by atoms with Crippen molar-refractivity contribution in [3.8, 4) is 22.4 Å². The van der Waals surface area contributed by atoms with E-state index in [1.165, 1.54) is 27.9 Å². The molecule has 0 unspecified atom stereocenters. The van der Waals surface area contributed by atoms with Crippen molar-refractivity contribution in [3.05, 3.63) is 169 Å². The molecule has 10 rings (SSSR count). The lowest BCUT2D eigenvalue weighted by atomic mass is 9.73. The maximum atomic E-state index is 6.50. The van der Waals surface area contributed by atoms with E-state index in [0.717, 1.165) is 66.3 Å². The Bertz CT molecular complexity index is 2690. The number of para-hydroxylation sites is 3. The number of fused-ring (bicyclic) bond motifs is 9. The van der Waals surface area contributed by atoms with E-state index in [1.54, 1.807) is 0 Å². The summed E-state index contributed by atoms with van der Waals surface area (Å²) >= 11 is 0. The van der Waals surface area contributed by atoms with Crippen LogP contribution >= 0.6 is 0 Å². The van der Waals surface area contributed by atoms with E-state index in [-0.39, 0.29) is 5.41 Å². The Morgan fingerprint density at radius 2 is 1.12 bits per heavy atom. The van der Waals surface area contributed by atoms with Crippen LogP contribution in [0.1, 0.15) is 25.0 Å². The molecule has 0 saturated heterocycles. The van der Waals surface area contributed by atoms with E-state index >= 15 is 0 Å². The summed E-state index contributed by atoms with van der Waals surface area (Å²) in [4.78, 5) is 7.56. The lowest BCUT2D eigenvalue weighted by Gasteiger charge is -2.42. The average Bonchev–Trinajstić information content (AvgIpc) is 3.53. The van der Waals surface area contributed by atoms with Crippen LogP contribution in [-0.4, -0.2) is 4.98 Å². The standard InChI is InChI=1S/C46H32N2O/c1-46(2)36-15-7-10-18-39(36)48(40-19-11-8-16-37(40)46)32-23-20-29(21-24-32)31-22-26-41-35(28-31)44-42(49-41)27-25-34-43(44)33-14-6-9-17-38(33)47-45(34)30-12-4-3-5-13-30/h3-28H,1-2H3. The smallest absolute Gasteiger partial charge is 0.136 e. The van der Waals surface area contributed by atoms with Crippen LogP contribution in [0.4, 0.5) is 17.1 Å². The number of rotatable bonds is 3. The molecule has 0 radical (unpaired) electrons. The normalized spacial score (nSPS) is 13.6. The first-order valence-corrected chi connectivity index (χ1v) is 16.9. The predicted molar refractivity (Wildman–Crippen MR) is 204 cm³/mol. The molecule has 0 spiro atoms. The van der Waals surface area contributed by atoms with Gasteiger partial charge < -0.3 is 9.32 Å². The van der Waals surface area contributed by atoms with Crippen molar-refractivity contribution < 1.29 is 4.42 Å². The molecule has 3 nitrogen and oxygen atoms in total. The van der Waals surface area contributed by atoms with Gasteiger partial charge in [-0.1, -0.05) is 117 Å². The van der Waals surface area contributed by atoms with Gasteiger partial charge in [-0.2, -0.15) is 0 Å². The lowest BCUT2D eigenvalue weighted by Crippen LogP contribution is -2.30. The van der Waals surface area contributed by atoms with Gasteiger partial charge in [-0.3, -0.25) is 0 Å². The highest BCUT2D eigenvalue weighted by Gasteiger charge is 2.36. The van der Waals surface area contributed by atoms with E-state index in [0.29, 0.717) is 0 Å². The molecule has 0 fully saturated rings. The molecule has 232 valence electrons. The van der Waals surface area contributed by atoms with Crippen molar-refractivity contribution >= 4 is 60.7 Å². The highest BCUT2D eigenvalue weighted by molar-refractivity contribution is 6.28. The van der Waals surface area contributed by atoms with Gasteiger partial charge in [0.25, 0.3) is 0 Å². The summed E-state index contributed by atoms with van der Waals surface area (Å²) < 4.78 is 6.50. The van der Waals surface area contributed by atoms with Crippen LogP contribution in [0.3, 0.4) is 0 Å². The molecular formula is C46H32N2O. The van der Waals surface area contributed by atoms with E-state index in [4.69, 9.17) is 9.40 Å². The van der Waals surface area contributed by atoms with Crippen molar-refractivity contribution in [2.75, 3.05) is 4.90 Å². The van der Waals surface area contributed by atoms with E-state index in [2.05, 4.69) is 170 Å². The number of hydrogen-bond donors (Lipinski definition) is 0. The van der Waals surface area contributed by atoms with Gasteiger partial charge in [0.15, 0.2) is 0 Å². The van der Waals surface area contributed by atoms with Crippen molar-refractivity contribution in [3.63, 3.8) is 0 Å². The summed E-state index contributed by atoms with van der Waals surface area (Å²) in [6.45, 7) is 4.65. The Morgan fingerprint density at radius 1 is 0.490 bits per heavy atom. The lowest BCUT2D eigenvalue weighted by molar-refractivity contribution is 0.632. The quantitative estimate of drug-likeness (QED) is 0.182. The third-order valence-electron chi connectivity index (χ3n) is 10.4. The minimum absolute atomic E-state index is 0.0835. The molecule has 0 N–H and O–H groups in total. The first-order valence-electron chi connectivity index (χ1n) is 16.9. The van der Waals surface area contributed by atoms with Crippen molar-refractivity contribution in [1.29, 1.82) is 0 Å². The molecule has 1 aliphatic heterocycles. The van der Waals surface area contributed by atoms with Gasteiger partial charge in [0.1, 0.15) is 11.2 Å². The Labute approximate surface area is 284 Å². The van der Waals surface area contributed by atoms with Crippen LogP contribution in [0.15, 0.2) is 162 Å². The van der Waals surface area contributed by atoms with Crippen LogP contribution < -0.4 is 4.90 Å². The van der Waals surface area contributed by atoms with Crippen molar-refractivity contribution in [2.24, 2.45) is 0 Å². The number of hydrogen-bond acceptors (Lipinski definition) is 3. The Hall–Kier alpha value is -6.19. The van der Waals surface area contributed by atoms with Gasteiger partial charge in [-0.05, 0) is 76.9 Å². The second-order valence-corrected chi connectivity index (χ2v) is 13.6. The first-order chi connectivity index (χ1) is 24.1. The average molecular weight is 629 g/mol. The van der Waals surface area contributed by atoms with E-state index in [1.807, 2.05) is 6.07 Å². The van der Waals surface area contributed by atoms with Crippen LogP contribution in [0.5, 0.6) is 0 Å². The summed E-state index contributed by atoms with van der Waals surface area (Å²) in [5.41, 5.74) is 13.3. The van der Waals surface area contributed by atoms with E-state index in [9.17, 15) is 0 Å². The Morgan fingerprint density at radius 3 is 1.88 bits per heavy atom. The number of anilines is 3. The number of aromatic nitrogens is 1. The zero-order chi connectivity index (χ0) is 32.7. The van der Waals surface area contributed by atoms with Gasteiger partial charge >= 0.3 is 0 Å². The fourth-order valence-electron chi connectivity index (χ4n) is 8.06. The molecule has 9 aromatic rings. The van der Waals surface area contributed by atoms with Crippen LogP contribution in [0, 0.1) is 0 Å². The van der Waals surface area contributed by atoms with Crippen molar-refractivity contribution in [1.82, 2.24) is 4.98 Å². The molecule has 0 bridgehead atoms. The van der Waals surface area contributed by atoms with Crippen molar-refractivity contribution in [2.45, 2.75) is 19.3 Å². The highest BCUT2D eigenvalue weighted by Crippen LogP contribution is 2.52. The molecular weight excluding hydrogens is 597 g/mol. The molecule has 0 aliphatic carbocycles.